The van der Waals surface area contributed by atoms with Gasteiger partial charge in [0.1, 0.15) is 0 Å². The fraction of sp³-hybridized carbons (Fsp3) is 1.00. The number of alkyl halides is 3. The van der Waals surface area contributed by atoms with Crippen LogP contribution in [0, 0.1) is 0 Å². The van der Waals surface area contributed by atoms with Crippen LogP contribution in [0.4, 0.5) is 8.78 Å². The predicted molar refractivity (Wildman–Crippen MR) is 48.1 cm³/mol. The minimum Gasteiger partial charge on any atom is -0.347 e. The van der Waals surface area contributed by atoms with E-state index in [9.17, 15) is 8.78 Å². The summed E-state index contributed by atoms with van der Waals surface area (Å²) in [6.07, 6.45) is 0. The first-order valence-electron chi connectivity index (χ1n) is 4.12. The zero-order valence-corrected chi connectivity index (χ0v) is 9.60. The molecule has 90 valence electrons. The van der Waals surface area contributed by atoms with Gasteiger partial charge in [-0.3, -0.25) is 0 Å². The predicted octanol–water partition coefficient (Wildman–Crippen LogP) is 1.22. The molecular weight excluding hydrogens is 234 g/mol. The van der Waals surface area contributed by atoms with Gasteiger partial charge in [-0.1, -0.05) is 0 Å². The third kappa shape index (κ3) is 1.14. The molecule has 0 aromatic rings. The van der Waals surface area contributed by atoms with Gasteiger partial charge in [0.25, 0.3) is 11.6 Å². The Morgan fingerprint density at radius 3 is 1.27 bits per heavy atom. The van der Waals surface area contributed by atoms with Crippen molar-refractivity contribution in [3.63, 3.8) is 0 Å². The Balaban J connectivity index is 3.13. The Bertz CT molecular complexity index is 219. The van der Waals surface area contributed by atoms with E-state index in [4.69, 9.17) is 11.6 Å². The topological polar surface area (TPSA) is 36.9 Å². The van der Waals surface area contributed by atoms with E-state index in [1.165, 1.54) is 0 Å². The molecule has 0 unspecified atom stereocenters. The fourth-order valence-electron chi connectivity index (χ4n) is 1.83. The van der Waals surface area contributed by atoms with Gasteiger partial charge in [0.15, 0.2) is 5.38 Å². The standard InChI is InChI=1S/C8H13ClF2O4/c1-12-6(13-2)5(9)7(14-3,15-4)8(6,10)11/h5H,1-4H3. The number of methoxy groups -OCH3 is 4. The second-order valence-corrected chi connectivity index (χ2v) is 3.52. The lowest BCUT2D eigenvalue weighted by Gasteiger charge is -2.60. The summed E-state index contributed by atoms with van der Waals surface area (Å²) >= 11 is 5.80. The Morgan fingerprint density at radius 2 is 1.13 bits per heavy atom. The molecule has 0 N–H and O–H groups in total. The molecule has 0 aromatic carbocycles. The Labute approximate surface area is 91.4 Å². The summed E-state index contributed by atoms with van der Waals surface area (Å²) in [6.45, 7) is 0. The van der Waals surface area contributed by atoms with Crippen molar-refractivity contribution >= 4 is 11.6 Å². The largest absolute Gasteiger partial charge is 0.356 e. The van der Waals surface area contributed by atoms with Gasteiger partial charge in [0.05, 0.1) is 0 Å². The van der Waals surface area contributed by atoms with Crippen molar-refractivity contribution < 1.29 is 27.7 Å². The van der Waals surface area contributed by atoms with Gasteiger partial charge in [-0.05, 0) is 0 Å². The van der Waals surface area contributed by atoms with Gasteiger partial charge >= 0.3 is 5.92 Å². The van der Waals surface area contributed by atoms with E-state index in [-0.39, 0.29) is 0 Å². The molecule has 1 fully saturated rings. The summed E-state index contributed by atoms with van der Waals surface area (Å²) in [6, 6.07) is 0. The molecule has 7 heteroatoms. The molecule has 0 atom stereocenters. The molecule has 0 aliphatic heterocycles. The molecule has 0 amide bonds. The van der Waals surface area contributed by atoms with Gasteiger partial charge in [-0.2, -0.15) is 8.78 Å². The van der Waals surface area contributed by atoms with Crippen LogP contribution in [0.1, 0.15) is 0 Å². The van der Waals surface area contributed by atoms with Crippen LogP contribution in [-0.2, 0) is 18.9 Å². The lowest BCUT2D eigenvalue weighted by Crippen LogP contribution is -2.86. The van der Waals surface area contributed by atoms with Crippen molar-refractivity contribution in [1.82, 2.24) is 0 Å². The van der Waals surface area contributed by atoms with Crippen molar-refractivity contribution in [3.8, 4) is 0 Å². The van der Waals surface area contributed by atoms with Crippen molar-refractivity contribution in [2.45, 2.75) is 22.9 Å². The SMILES string of the molecule is COC1(OC)C(Cl)C(OC)(OC)C1(F)F. The summed E-state index contributed by atoms with van der Waals surface area (Å²) in [5.74, 6) is -7.94. The average Bonchev–Trinajstić information content (AvgIpc) is 2.21. The monoisotopic (exact) mass is 246 g/mol. The molecule has 1 aliphatic carbocycles. The Hall–Kier alpha value is -0.0100. The van der Waals surface area contributed by atoms with E-state index in [1.54, 1.807) is 0 Å². The van der Waals surface area contributed by atoms with Crippen LogP contribution < -0.4 is 0 Å². The van der Waals surface area contributed by atoms with E-state index < -0.39 is 22.9 Å². The molecule has 0 heterocycles. The fourth-order valence-corrected chi connectivity index (χ4v) is 2.46. The summed E-state index contributed by atoms with van der Waals surface area (Å²) in [4.78, 5) is 0. The molecule has 4 nitrogen and oxygen atoms in total. The zero-order chi connectivity index (χ0) is 11.9. The highest BCUT2D eigenvalue weighted by atomic mass is 35.5. The lowest BCUT2D eigenvalue weighted by atomic mass is 9.77. The van der Waals surface area contributed by atoms with Crippen LogP contribution in [-0.4, -0.2) is 51.3 Å². The first kappa shape index (κ1) is 13.1. The minimum atomic E-state index is -3.50. The molecule has 15 heavy (non-hydrogen) atoms. The van der Waals surface area contributed by atoms with E-state index >= 15 is 0 Å². The van der Waals surface area contributed by atoms with Gasteiger partial charge < -0.3 is 18.9 Å². The van der Waals surface area contributed by atoms with Crippen molar-refractivity contribution in [2.24, 2.45) is 0 Å². The molecule has 1 aliphatic rings. The normalized spacial score (nSPS) is 27.4. The van der Waals surface area contributed by atoms with E-state index in [0.717, 1.165) is 28.4 Å². The van der Waals surface area contributed by atoms with Crippen LogP contribution in [0.25, 0.3) is 0 Å². The smallest absolute Gasteiger partial charge is 0.347 e. The zero-order valence-electron chi connectivity index (χ0n) is 8.84. The molecule has 1 rings (SSSR count). The van der Waals surface area contributed by atoms with E-state index in [0.29, 0.717) is 0 Å². The average molecular weight is 247 g/mol. The highest BCUT2D eigenvalue weighted by molar-refractivity contribution is 6.23. The third-order valence-corrected chi connectivity index (χ3v) is 3.33. The van der Waals surface area contributed by atoms with Gasteiger partial charge in [0.2, 0.25) is 0 Å². The first-order chi connectivity index (χ1) is 6.90. The number of halogens is 3. The van der Waals surface area contributed by atoms with Crippen LogP contribution in [0.2, 0.25) is 0 Å². The van der Waals surface area contributed by atoms with Crippen LogP contribution in [0.3, 0.4) is 0 Å². The number of rotatable bonds is 4. The Kier molecular flexibility index (Phi) is 3.29. The first-order valence-corrected chi connectivity index (χ1v) is 4.56. The minimum absolute atomic E-state index is 1.09. The van der Waals surface area contributed by atoms with Gasteiger partial charge in [-0.25, -0.2) is 0 Å². The highest BCUT2D eigenvalue weighted by Gasteiger charge is 2.88. The molecule has 0 saturated heterocycles. The maximum absolute atomic E-state index is 13.8. The summed E-state index contributed by atoms with van der Waals surface area (Å²) < 4.78 is 46.3. The quantitative estimate of drug-likeness (QED) is 0.552. The number of hydrogen-bond donors (Lipinski definition) is 0. The van der Waals surface area contributed by atoms with Gasteiger partial charge in [-0.15, -0.1) is 11.6 Å². The number of hydrogen-bond acceptors (Lipinski definition) is 4. The molecule has 0 aromatic heterocycles. The van der Waals surface area contributed by atoms with Crippen molar-refractivity contribution in [3.05, 3.63) is 0 Å². The second kappa shape index (κ2) is 3.78. The third-order valence-electron chi connectivity index (χ3n) is 2.76. The summed E-state index contributed by atoms with van der Waals surface area (Å²) in [5.41, 5.74) is 0. The molecule has 1 saturated carbocycles. The van der Waals surface area contributed by atoms with Gasteiger partial charge in [0, 0.05) is 28.4 Å². The van der Waals surface area contributed by atoms with E-state index in [1.807, 2.05) is 0 Å². The van der Waals surface area contributed by atoms with Crippen molar-refractivity contribution in [1.29, 1.82) is 0 Å². The van der Waals surface area contributed by atoms with Crippen LogP contribution in [0.15, 0.2) is 0 Å². The molecule has 0 bridgehead atoms. The van der Waals surface area contributed by atoms with Crippen molar-refractivity contribution in [2.75, 3.05) is 28.4 Å². The summed E-state index contributed by atoms with van der Waals surface area (Å²) in [7, 11) is 4.34. The maximum Gasteiger partial charge on any atom is 0.356 e. The molecule has 0 spiro atoms. The Morgan fingerprint density at radius 1 is 0.867 bits per heavy atom. The maximum atomic E-state index is 13.8. The highest BCUT2D eigenvalue weighted by Crippen LogP contribution is 2.61. The summed E-state index contributed by atoms with van der Waals surface area (Å²) in [5, 5.41) is -1.27. The van der Waals surface area contributed by atoms with Crippen LogP contribution in [0.5, 0.6) is 0 Å². The second-order valence-electron chi connectivity index (χ2n) is 3.09. The molecule has 0 radical (unpaired) electrons. The molecular formula is C8H13ClF2O4. The lowest BCUT2D eigenvalue weighted by molar-refractivity contribution is -0.496. The van der Waals surface area contributed by atoms with E-state index in [2.05, 4.69) is 18.9 Å². The van der Waals surface area contributed by atoms with Crippen LogP contribution >= 0.6 is 11.6 Å². The number of ether oxygens (including phenoxy) is 4.